The zero-order valence-corrected chi connectivity index (χ0v) is 9.50. The van der Waals surface area contributed by atoms with Crippen molar-refractivity contribution < 1.29 is 14.3 Å². The van der Waals surface area contributed by atoms with Crippen molar-refractivity contribution in [2.75, 3.05) is 27.4 Å². The lowest BCUT2D eigenvalue weighted by atomic mass is 10.0. The first kappa shape index (κ1) is 15.9. The number of amides is 1. The van der Waals surface area contributed by atoms with Crippen LogP contribution in [0.1, 0.15) is 13.8 Å². The molecular weight excluding hydrogens is 181 g/mol. The molecule has 14 heavy (non-hydrogen) atoms. The van der Waals surface area contributed by atoms with Gasteiger partial charge in [-0.1, -0.05) is 13.8 Å². The van der Waals surface area contributed by atoms with E-state index in [2.05, 4.69) is 5.32 Å². The van der Waals surface area contributed by atoms with E-state index >= 15 is 0 Å². The molecule has 0 aromatic carbocycles. The molecule has 0 unspecified atom stereocenters. The summed E-state index contributed by atoms with van der Waals surface area (Å²) < 4.78 is 9.73. The van der Waals surface area contributed by atoms with Gasteiger partial charge in [-0.3, -0.25) is 4.79 Å². The monoisotopic (exact) mass is 201 g/mol. The Morgan fingerprint density at radius 3 is 2.00 bits per heavy atom. The molecule has 0 aliphatic rings. The molecule has 0 fully saturated rings. The van der Waals surface area contributed by atoms with E-state index in [1.165, 1.54) is 0 Å². The molecule has 0 heterocycles. The van der Waals surface area contributed by atoms with Gasteiger partial charge in [-0.15, -0.1) is 0 Å². The number of carbonyl (C=O) groups is 1. The zero-order chi connectivity index (χ0) is 11.4. The van der Waals surface area contributed by atoms with E-state index in [-0.39, 0.29) is 18.3 Å². The minimum atomic E-state index is -0.200. The van der Waals surface area contributed by atoms with Gasteiger partial charge in [-0.25, -0.2) is 0 Å². The van der Waals surface area contributed by atoms with Crippen LogP contribution >= 0.6 is 0 Å². The molecule has 0 aromatic rings. The van der Waals surface area contributed by atoms with Crippen LogP contribution in [0.25, 0.3) is 0 Å². The first-order chi connectivity index (χ1) is 6.74. The van der Waals surface area contributed by atoms with Gasteiger partial charge >= 0.3 is 0 Å². The summed E-state index contributed by atoms with van der Waals surface area (Å²) in [5.74, 6) is -0.200. The van der Waals surface area contributed by atoms with Crippen LogP contribution in [0.15, 0.2) is 0 Å². The molecule has 1 amide bonds. The Hall–Kier alpha value is -0.545. The second-order valence-electron chi connectivity index (χ2n) is 2.38. The molecule has 0 rings (SSSR count). The highest BCUT2D eigenvalue weighted by Crippen LogP contribution is 1.87. The second-order valence-corrected chi connectivity index (χ2v) is 2.38. The normalized spacial score (nSPS) is 9.21. The maximum absolute atomic E-state index is 10.8. The SMILES string of the molecule is CC.[B]CC(=O)NC(COC)COC. The van der Waals surface area contributed by atoms with Gasteiger partial charge in [-0.05, 0) is 6.32 Å². The lowest BCUT2D eigenvalue weighted by molar-refractivity contribution is -0.120. The van der Waals surface area contributed by atoms with E-state index in [1.54, 1.807) is 14.2 Å². The fraction of sp³-hybridized carbons (Fsp3) is 0.889. The molecule has 2 radical (unpaired) electrons. The molecular formula is C9H20BNO3. The highest BCUT2D eigenvalue weighted by atomic mass is 16.5. The van der Waals surface area contributed by atoms with Gasteiger partial charge in [-0.2, -0.15) is 0 Å². The molecule has 0 bridgehead atoms. The fourth-order valence-electron chi connectivity index (χ4n) is 0.820. The minimum absolute atomic E-state index is 0.00999. The van der Waals surface area contributed by atoms with E-state index in [1.807, 2.05) is 13.8 Å². The van der Waals surface area contributed by atoms with Crippen LogP contribution in [0.2, 0.25) is 6.32 Å². The van der Waals surface area contributed by atoms with Crippen LogP contribution in [0, 0.1) is 0 Å². The third-order valence-electron chi connectivity index (χ3n) is 1.29. The molecule has 82 valence electrons. The largest absolute Gasteiger partial charge is 0.382 e. The van der Waals surface area contributed by atoms with E-state index in [0.29, 0.717) is 13.2 Å². The van der Waals surface area contributed by atoms with E-state index in [9.17, 15) is 4.79 Å². The number of hydrogen-bond acceptors (Lipinski definition) is 3. The van der Waals surface area contributed by atoms with Crippen LogP contribution in [-0.4, -0.2) is 47.2 Å². The molecule has 0 atom stereocenters. The lowest BCUT2D eigenvalue weighted by Gasteiger charge is -2.16. The molecule has 0 aliphatic carbocycles. The zero-order valence-electron chi connectivity index (χ0n) is 9.50. The molecule has 0 saturated carbocycles. The molecule has 1 N–H and O–H groups in total. The van der Waals surface area contributed by atoms with Crippen molar-refractivity contribution in [2.24, 2.45) is 0 Å². The average Bonchev–Trinajstić information content (AvgIpc) is 2.21. The summed E-state index contributed by atoms with van der Waals surface area (Å²) in [4.78, 5) is 10.8. The maximum atomic E-state index is 10.8. The third kappa shape index (κ3) is 9.54. The number of hydrogen-bond donors (Lipinski definition) is 1. The number of methoxy groups -OCH3 is 2. The summed E-state index contributed by atoms with van der Waals surface area (Å²) in [7, 11) is 8.25. The Kier molecular flexibility index (Phi) is 14.2. The summed E-state index contributed by atoms with van der Waals surface area (Å²) in [5, 5.41) is 2.65. The van der Waals surface area contributed by atoms with Gasteiger partial charge in [0.15, 0.2) is 0 Å². The topological polar surface area (TPSA) is 47.6 Å². The summed E-state index contributed by atoms with van der Waals surface area (Å²) in [5.41, 5.74) is 0. The van der Waals surface area contributed by atoms with Crippen molar-refractivity contribution in [3.05, 3.63) is 0 Å². The quantitative estimate of drug-likeness (QED) is 0.632. The molecule has 5 heteroatoms. The Morgan fingerprint density at radius 2 is 1.71 bits per heavy atom. The van der Waals surface area contributed by atoms with Crippen molar-refractivity contribution in [3.8, 4) is 0 Å². The number of ether oxygens (including phenoxy) is 2. The van der Waals surface area contributed by atoms with Crippen molar-refractivity contribution in [2.45, 2.75) is 26.2 Å². The molecule has 0 aromatic heterocycles. The molecule has 0 aliphatic heterocycles. The highest BCUT2D eigenvalue weighted by molar-refractivity contribution is 6.19. The summed E-state index contributed by atoms with van der Waals surface area (Å²) >= 11 is 0. The summed E-state index contributed by atoms with van der Waals surface area (Å²) in [6.07, 6.45) is -0.00999. The van der Waals surface area contributed by atoms with Crippen molar-refractivity contribution >= 4 is 13.8 Å². The number of rotatable bonds is 6. The van der Waals surface area contributed by atoms with Crippen molar-refractivity contribution in [1.29, 1.82) is 0 Å². The van der Waals surface area contributed by atoms with Gasteiger partial charge in [0.05, 0.1) is 27.1 Å². The molecule has 0 saturated heterocycles. The number of nitrogens with one attached hydrogen (secondary N) is 1. The van der Waals surface area contributed by atoms with Crippen LogP contribution < -0.4 is 5.32 Å². The Morgan fingerprint density at radius 1 is 1.29 bits per heavy atom. The standard InChI is InChI=1S/C7H14BNO3.C2H6/c1-11-4-6(5-12-2)9-7(10)3-8;1-2/h6H,3-5H2,1-2H3,(H,9,10);1-2H3. The van der Waals surface area contributed by atoms with Crippen LogP contribution in [0.4, 0.5) is 0 Å². The minimum Gasteiger partial charge on any atom is -0.382 e. The Labute approximate surface area is 87.8 Å². The molecule has 4 nitrogen and oxygen atoms in total. The highest BCUT2D eigenvalue weighted by Gasteiger charge is 2.09. The van der Waals surface area contributed by atoms with Gasteiger partial charge < -0.3 is 14.8 Å². The van der Waals surface area contributed by atoms with Gasteiger partial charge in [0, 0.05) is 14.2 Å². The fourth-order valence-corrected chi connectivity index (χ4v) is 0.820. The molecule has 0 spiro atoms. The summed E-state index contributed by atoms with van der Waals surface area (Å²) in [6.45, 7) is 4.86. The van der Waals surface area contributed by atoms with Crippen LogP contribution in [-0.2, 0) is 14.3 Å². The average molecular weight is 201 g/mol. The first-order valence-corrected chi connectivity index (χ1v) is 4.71. The van der Waals surface area contributed by atoms with Gasteiger partial charge in [0.25, 0.3) is 0 Å². The maximum Gasteiger partial charge on any atom is 0.211 e. The van der Waals surface area contributed by atoms with Crippen LogP contribution in [0.5, 0.6) is 0 Å². The first-order valence-electron chi connectivity index (χ1n) is 4.71. The van der Waals surface area contributed by atoms with Crippen molar-refractivity contribution in [3.63, 3.8) is 0 Å². The van der Waals surface area contributed by atoms with E-state index in [4.69, 9.17) is 17.3 Å². The van der Waals surface area contributed by atoms with Gasteiger partial charge in [0.1, 0.15) is 0 Å². The predicted octanol–water partition coefficient (Wildman–Crippen LogP) is 0.377. The van der Waals surface area contributed by atoms with E-state index < -0.39 is 0 Å². The predicted molar refractivity (Wildman–Crippen MR) is 57.6 cm³/mol. The lowest BCUT2D eigenvalue weighted by Crippen LogP contribution is -2.40. The Balaban J connectivity index is 0. The number of carbonyl (C=O) groups excluding carboxylic acids is 1. The van der Waals surface area contributed by atoms with E-state index in [0.717, 1.165) is 0 Å². The second kappa shape index (κ2) is 12.5. The Bertz CT molecular complexity index is 127. The summed E-state index contributed by atoms with van der Waals surface area (Å²) in [6, 6.07) is -0.115. The smallest absolute Gasteiger partial charge is 0.211 e. The third-order valence-corrected chi connectivity index (χ3v) is 1.29. The van der Waals surface area contributed by atoms with Gasteiger partial charge in [0.2, 0.25) is 5.91 Å². The van der Waals surface area contributed by atoms with Crippen LogP contribution in [0.3, 0.4) is 0 Å². The van der Waals surface area contributed by atoms with Crippen molar-refractivity contribution in [1.82, 2.24) is 5.32 Å².